The van der Waals surface area contributed by atoms with Crippen molar-refractivity contribution in [3.05, 3.63) is 93.7 Å². The Morgan fingerprint density at radius 3 is 2.42 bits per heavy atom. The maximum absolute atomic E-state index is 13.2. The SMILES string of the molecule is O=C(c1ccc(F)cc1)N1C[C@H]2C[C@H](C1)c1ccc(-c3cccc(C(F)(F)F)c3)c(=O)n1C2. The highest BCUT2D eigenvalue weighted by Gasteiger charge is 2.37. The van der Waals surface area contributed by atoms with Crippen molar-refractivity contribution in [1.82, 2.24) is 9.47 Å². The predicted octanol–water partition coefficient (Wildman–Crippen LogP) is 4.93. The maximum atomic E-state index is 13.2. The number of rotatable bonds is 2. The number of fused-ring (bicyclic) bond motifs is 4. The van der Waals surface area contributed by atoms with E-state index in [0.29, 0.717) is 25.2 Å². The molecular formula is C25H20F4N2O2. The number of carbonyl (C=O) groups excluding carboxylic acids is 1. The summed E-state index contributed by atoms with van der Waals surface area (Å²) in [6.45, 7) is 1.28. The summed E-state index contributed by atoms with van der Waals surface area (Å²) in [5.74, 6) is -0.590. The number of halogens is 4. The number of likely N-dealkylation sites (tertiary alicyclic amines) is 1. The first-order valence-electron chi connectivity index (χ1n) is 10.7. The smallest absolute Gasteiger partial charge is 0.338 e. The lowest BCUT2D eigenvalue weighted by atomic mass is 9.82. The number of hydrogen-bond donors (Lipinski definition) is 0. The minimum absolute atomic E-state index is 0.0508. The zero-order chi connectivity index (χ0) is 23.3. The molecule has 3 aromatic rings. The molecule has 2 aromatic carbocycles. The van der Waals surface area contributed by atoms with Gasteiger partial charge in [0.05, 0.1) is 5.56 Å². The summed E-state index contributed by atoms with van der Waals surface area (Å²) in [6, 6.07) is 13.6. The fourth-order valence-corrected chi connectivity index (χ4v) is 4.97. The van der Waals surface area contributed by atoms with Gasteiger partial charge in [0.15, 0.2) is 0 Å². The van der Waals surface area contributed by atoms with Crippen LogP contribution in [-0.4, -0.2) is 28.5 Å². The number of benzene rings is 2. The Balaban J connectivity index is 1.45. The molecule has 170 valence electrons. The summed E-state index contributed by atoms with van der Waals surface area (Å²) in [5.41, 5.74) is 0.532. The summed E-state index contributed by atoms with van der Waals surface area (Å²) in [5, 5.41) is 0. The summed E-state index contributed by atoms with van der Waals surface area (Å²) >= 11 is 0. The van der Waals surface area contributed by atoms with Crippen molar-refractivity contribution >= 4 is 5.91 Å². The molecule has 2 bridgehead atoms. The van der Waals surface area contributed by atoms with Gasteiger partial charge in [-0.2, -0.15) is 13.2 Å². The van der Waals surface area contributed by atoms with E-state index < -0.39 is 17.6 Å². The molecule has 0 aliphatic carbocycles. The van der Waals surface area contributed by atoms with Crippen molar-refractivity contribution in [2.75, 3.05) is 13.1 Å². The zero-order valence-electron chi connectivity index (χ0n) is 17.5. The minimum Gasteiger partial charge on any atom is -0.338 e. The van der Waals surface area contributed by atoms with Crippen molar-refractivity contribution < 1.29 is 22.4 Å². The van der Waals surface area contributed by atoms with Gasteiger partial charge in [0.25, 0.3) is 11.5 Å². The lowest BCUT2D eigenvalue weighted by Gasteiger charge is -2.43. The number of hydrogen-bond acceptors (Lipinski definition) is 2. The van der Waals surface area contributed by atoms with Gasteiger partial charge in [-0.05, 0) is 66.4 Å². The first-order valence-corrected chi connectivity index (χ1v) is 10.7. The lowest BCUT2D eigenvalue weighted by molar-refractivity contribution is -0.137. The van der Waals surface area contributed by atoms with Crippen molar-refractivity contribution in [1.29, 1.82) is 0 Å². The topological polar surface area (TPSA) is 42.3 Å². The van der Waals surface area contributed by atoms with Gasteiger partial charge in [-0.15, -0.1) is 0 Å². The summed E-state index contributed by atoms with van der Waals surface area (Å²) in [6.07, 6.45) is -3.66. The second-order valence-corrected chi connectivity index (χ2v) is 8.68. The molecule has 0 N–H and O–H groups in total. The molecule has 1 amide bonds. The van der Waals surface area contributed by atoms with Crippen LogP contribution in [0.25, 0.3) is 11.1 Å². The normalized spacial score (nSPS) is 19.8. The van der Waals surface area contributed by atoms with Crippen molar-refractivity contribution in [3.63, 3.8) is 0 Å². The number of nitrogens with zero attached hydrogens (tertiary/aromatic N) is 2. The molecule has 2 aliphatic rings. The Hall–Kier alpha value is -3.42. The van der Waals surface area contributed by atoms with Crippen molar-refractivity contribution in [3.8, 4) is 11.1 Å². The highest BCUT2D eigenvalue weighted by molar-refractivity contribution is 5.94. The van der Waals surface area contributed by atoms with Crippen LogP contribution in [0.2, 0.25) is 0 Å². The van der Waals surface area contributed by atoms with Crippen LogP contribution in [0.5, 0.6) is 0 Å². The molecule has 5 rings (SSSR count). The third-order valence-corrected chi connectivity index (χ3v) is 6.48. The van der Waals surface area contributed by atoms with E-state index in [9.17, 15) is 27.2 Å². The van der Waals surface area contributed by atoms with Crippen LogP contribution in [0.15, 0.2) is 65.5 Å². The number of amides is 1. The van der Waals surface area contributed by atoms with E-state index in [1.807, 2.05) is 0 Å². The zero-order valence-corrected chi connectivity index (χ0v) is 17.5. The Kier molecular flexibility index (Phi) is 5.11. The van der Waals surface area contributed by atoms with Crippen LogP contribution >= 0.6 is 0 Å². The van der Waals surface area contributed by atoms with Gasteiger partial charge < -0.3 is 9.47 Å². The molecule has 8 heteroatoms. The number of aromatic nitrogens is 1. The van der Waals surface area contributed by atoms with Crippen LogP contribution in [0.1, 0.15) is 34.0 Å². The van der Waals surface area contributed by atoms with E-state index in [4.69, 9.17) is 0 Å². The van der Waals surface area contributed by atoms with E-state index in [-0.39, 0.29) is 34.4 Å². The van der Waals surface area contributed by atoms with Gasteiger partial charge in [-0.1, -0.05) is 12.1 Å². The standard InChI is InChI=1S/C25H20F4N2O2/c26-20-6-4-16(5-7-20)23(32)30-12-15-10-18(14-30)22-9-8-21(24(33)31(22)13-15)17-2-1-3-19(11-17)25(27,28)29/h1-9,11,15,18H,10,12-14H2/t15-,18-/m1/s1. The molecule has 4 nitrogen and oxygen atoms in total. The third-order valence-electron chi connectivity index (χ3n) is 6.48. The number of pyridine rings is 1. The summed E-state index contributed by atoms with van der Waals surface area (Å²) in [4.78, 5) is 27.9. The summed E-state index contributed by atoms with van der Waals surface area (Å²) < 4.78 is 54.2. The van der Waals surface area contributed by atoms with Gasteiger partial charge in [-0.25, -0.2) is 4.39 Å². The Bertz CT molecular complexity index is 1280. The third kappa shape index (κ3) is 3.94. The van der Waals surface area contributed by atoms with Crippen LogP contribution in [0, 0.1) is 11.7 Å². The van der Waals surface area contributed by atoms with Gasteiger partial charge in [0, 0.05) is 42.4 Å². The van der Waals surface area contributed by atoms with Crippen LogP contribution in [-0.2, 0) is 12.7 Å². The Labute approximate surface area is 187 Å². The van der Waals surface area contributed by atoms with E-state index in [0.717, 1.165) is 24.2 Å². The number of piperidine rings is 1. The first kappa shape index (κ1) is 21.4. The molecule has 1 fully saturated rings. The quantitative estimate of drug-likeness (QED) is 0.513. The molecule has 0 radical (unpaired) electrons. The van der Waals surface area contributed by atoms with Crippen LogP contribution in [0.3, 0.4) is 0 Å². The van der Waals surface area contributed by atoms with Gasteiger partial charge in [0.2, 0.25) is 0 Å². The maximum Gasteiger partial charge on any atom is 0.416 e. The average molecular weight is 456 g/mol. The highest BCUT2D eigenvalue weighted by atomic mass is 19.4. The lowest BCUT2D eigenvalue weighted by Crippen LogP contribution is -2.49. The largest absolute Gasteiger partial charge is 0.416 e. The average Bonchev–Trinajstić information content (AvgIpc) is 2.79. The second-order valence-electron chi connectivity index (χ2n) is 8.68. The molecule has 0 spiro atoms. The monoisotopic (exact) mass is 456 g/mol. The number of carbonyl (C=O) groups is 1. The van der Waals surface area contributed by atoms with E-state index in [1.54, 1.807) is 21.6 Å². The first-order chi connectivity index (χ1) is 15.7. The Morgan fingerprint density at radius 2 is 1.70 bits per heavy atom. The van der Waals surface area contributed by atoms with Crippen molar-refractivity contribution in [2.24, 2.45) is 5.92 Å². The van der Waals surface area contributed by atoms with Gasteiger partial charge in [-0.3, -0.25) is 9.59 Å². The number of alkyl halides is 3. The van der Waals surface area contributed by atoms with E-state index in [1.165, 1.54) is 36.4 Å². The fourth-order valence-electron chi connectivity index (χ4n) is 4.97. The second kappa shape index (κ2) is 7.86. The predicted molar refractivity (Wildman–Crippen MR) is 114 cm³/mol. The van der Waals surface area contributed by atoms with E-state index >= 15 is 0 Å². The Morgan fingerprint density at radius 1 is 0.939 bits per heavy atom. The van der Waals surface area contributed by atoms with E-state index in [2.05, 4.69) is 0 Å². The van der Waals surface area contributed by atoms with Gasteiger partial charge >= 0.3 is 6.18 Å². The molecule has 0 saturated carbocycles. The molecule has 3 heterocycles. The molecular weight excluding hydrogens is 436 g/mol. The molecule has 1 aromatic heterocycles. The van der Waals surface area contributed by atoms with Crippen molar-refractivity contribution in [2.45, 2.75) is 25.1 Å². The summed E-state index contributed by atoms with van der Waals surface area (Å²) in [7, 11) is 0. The molecule has 0 unspecified atom stereocenters. The van der Waals surface area contributed by atoms with Gasteiger partial charge in [0.1, 0.15) is 5.82 Å². The molecule has 2 atom stereocenters. The molecule has 33 heavy (non-hydrogen) atoms. The minimum atomic E-state index is -4.49. The highest BCUT2D eigenvalue weighted by Crippen LogP contribution is 2.37. The fraction of sp³-hybridized carbons (Fsp3) is 0.280. The molecule has 2 aliphatic heterocycles. The van der Waals surface area contributed by atoms with Crippen LogP contribution in [0.4, 0.5) is 17.6 Å². The van der Waals surface area contributed by atoms with Crippen LogP contribution < -0.4 is 5.56 Å². The molecule has 1 saturated heterocycles.